The molecule has 0 fully saturated rings. The Morgan fingerprint density at radius 3 is 2.48 bits per heavy atom. The van der Waals surface area contributed by atoms with E-state index in [0.29, 0.717) is 12.3 Å². The molecule has 0 aromatic heterocycles. The summed E-state index contributed by atoms with van der Waals surface area (Å²) in [7, 11) is -2.08. The molecule has 3 aromatic carbocycles. The second-order valence-electron chi connectivity index (χ2n) is 7.62. The van der Waals surface area contributed by atoms with Gasteiger partial charge in [0.05, 0.1) is 7.11 Å². The van der Waals surface area contributed by atoms with Crippen LogP contribution in [0.3, 0.4) is 0 Å². The van der Waals surface area contributed by atoms with E-state index >= 15 is 0 Å². The Hall–Kier alpha value is -2.37. The van der Waals surface area contributed by atoms with E-state index in [4.69, 9.17) is 4.74 Å². The van der Waals surface area contributed by atoms with Crippen LogP contribution in [0.25, 0.3) is 10.8 Å². The van der Waals surface area contributed by atoms with Crippen molar-refractivity contribution in [3.63, 3.8) is 0 Å². The Balaban J connectivity index is 1.45. The van der Waals surface area contributed by atoms with Gasteiger partial charge in [-0.25, -0.2) is 13.1 Å². The minimum absolute atomic E-state index is 0.255. The Kier molecular flexibility index (Phi) is 5.88. The number of hydrogen-bond donors (Lipinski definition) is 1. The van der Waals surface area contributed by atoms with Crippen molar-refractivity contribution in [1.29, 1.82) is 0 Å². The number of methoxy groups -OCH3 is 1. The van der Waals surface area contributed by atoms with Crippen LogP contribution in [0.15, 0.2) is 59.5 Å². The van der Waals surface area contributed by atoms with Gasteiger partial charge in [0.2, 0.25) is 10.0 Å². The lowest BCUT2D eigenvalue weighted by Gasteiger charge is -2.19. The fraction of sp³-hybridized carbons (Fsp3) is 0.333. The molecule has 4 rings (SSSR count). The lowest BCUT2D eigenvalue weighted by molar-refractivity contribution is 0.401. The number of ether oxygens (including phenoxy) is 1. The van der Waals surface area contributed by atoms with Crippen LogP contribution in [-0.2, 0) is 29.3 Å². The fourth-order valence-corrected chi connectivity index (χ4v) is 5.46. The van der Waals surface area contributed by atoms with E-state index in [1.807, 2.05) is 18.2 Å². The molecule has 0 spiro atoms. The van der Waals surface area contributed by atoms with Gasteiger partial charge >= 0.3 is 0 Å². The maximum absolute atomic E-state index is 12.9. The summed E-state index contributed by atoms with van der Waals surface area (Å²) in [4.78, 5) is 0.255. The van der Waals surface area contributed by atoms with Crippen molar-refractivity contribution in [2.24, 2.45) is 0 Å². The van der Waals surface area contributed by atoms with E-state index in [0.717, 1.165) is 44.1 Å². The van der Waals surface area contributed by atoms with Crippen LogP contribution in [0, 0.1) is 0 Å². The average molecular weight is 410 g/mol. The first kappa shape index (κ1) is 19.9. The molecule has 0 aliphatic heterocycles. The quantitative estimate of drug-likeness (QED) is 0.579. The lowest BCUT2D eigenvalue weighted by atomic mass is 9.92. The maximum atomic E-state index is 12.9. The van der Waals surface area contributed by atoms with Crippen LogP contribution in [-0.4, -0.2) is 22.1 Å². The van der Waals surface area contributed by atoms with Gasteiger partial charge in [0, 0.05) is 6.54 Å². The summed E-state index contributed by atoms with van der Waals surface area (Å²) < 4.78 is 34.0. The number of hydrogen-bond acceptors (Lipinski definition) is 3. The molecule has 0 bridgehead atoms. The Labute approximate surface area is 173 Å². The molecule has 152 valence electrons. The molecule has 1 aliphatic rings. The molecule has 0 saturated heterocycles. The SMILES string of the molecule is COc1cc2c(cc1S(=O)(=O)NCCCc1cccc3ccccc13)CCCC2. The molecular formula is C24H27NO3S. The first-order valence-electron chi connectivity index (χ1n) is 10.2. The second kappa shape index (κ2) is 8.56. The van der Waals surface area contributed by atoms with Crippen molar-refractivity contribution >= 4 is 20.8 Å². The summed E-state index contributed by atoms with van der Waals surface area (Å²) in [5.74, 6) is 0.437. The highest BCUT2D eigenvalue weighted by molar-refractivity contribution is 7.89. The minimum Gasteiger partial charge on any atom is -0.495 e. The zero-order valence-electron chi connectivity index (χ0n) is 16.8. The fourth-order valence-electron chi connectivity index (χ4n) is 4.18. The third kappa shape index (κ3) is 4.31. The zero-order chi connectivity index (χ0) is 20.3. The summed E-state index contributed by atoms with van der Waals surface area (Å²) in [5.41, 5.74) is 3.59. The van der Waals surface area contributed by atoms with Gasteiger partial charge in [-0.2, -0.15) is 0 Å². The van der Waals surface area contributed by atoms with Crippen molar-refractivity contribution in [2.75, 3.05) is 13.7 Å². The van der Waals surface area contributed by atoms with E-state index in [1.54, 1.807) is 6.07 Å². The molecule has 0 radical (unpaired) electrons. The normalized spacial score (nSPS) is 14.0. The van der Waals surface area contributed by atoms with Crippen molar-refractivity contribution in [3.05, 3.63) is 71.3 Å². The van der Waals surface area contributed by atoms with Crippen LogP contribution < -0.4 is 9.46 Å². The zero-order valence-corrected chi connectivity index (χ0v) is 17.6. The van der Waals surface area contributed by atoms with E-state index in [-0.39, 0.29) is 4.90 Å². The van der Waals surface area contributed by atoms with Crippen LogP contribution in [0.5, 0.6) is 5.75 Å². The Morgan fingerprint density at radius 2 is 1.69 bits per heavy atom. The summed E-state index contributed by atoms with van der Waals surface area (Å²) in [5, 5.41) is 2.44. The number of fused-ring (bicyclic) bond motifs is 2. The van der Waals surface area contributed by atoms with Gasteiger partial charge in [-0.3, -0.25) is 0 Å². The molecular weight excluding hydrogens is 382 g/mol. The van der Waals surface area contributed by atoms with Crippen LogP contribution in [0.4, 0.5) is 0 Å². The first-order valence-corrected chi connectivity index (χ1v) is 11.7. The standard InChI is InChI=1S/C24H27NO3S/c1-28-23-16-20-9-2-3-10-21(20)17-24(23)29(26,27)25-15-7-13-19-12-6-11-18-8-4-5-14-22(18)19/h4-6,8,11-12,14,16-17,25H,2-3,7,9-10,13,15H2,1H3. The summed E-state index contributed by atoms with van der Waals surface area (Å²) in [6.07, 6.45) is 5.74. The molecule has 1 N–H and O–H groups in total. The van der Waals surface area contributed by atoms with E-state index in [9.17, 15) is 8.42 Å². The highest BCUT2D eigenvalue weighted by Gasteiger charge is 2.22. The van der Waals surface area contributed by atoms with Gasteiger partial charge in [-0.1, -0.05) is 42.5 Å². The number of rotatable bonds is 7. The number of nitrogens with one attached hydrogen (secondary N) is 1. The van der Waals surface area contributed by atoms with Gasteiger partial charge < -0.3 is 4.74 Å². The van der Waals surface area contributed by atoms with Crippen molar-refractivity contribution in [1.82, 2.24) is 4.72 Å². The number of sulfonamides is 1. The average Bonchev–Trinajstić information content (AvgIpc) is 2.75. The van der Waals surface area contributed by atoms with Gasteiger partial charge in [0.15, 0.2) is 0 Å². The molecule has 3 aromatic rings. The Morgan fingerprint density at radius 1 is 0.966 bits per heavy atom. The molecule has 0 amide bonds. The highest BCUT2D eigenvalue weighted by Crippen LogP contribution is 2.32. The minimum atomic E-state index is -3.61. The number of benzene rings is 3. The predicted octanol–water partition coefficient (Wildman–Crippen LogP) is 4.64. The molecule has 29 heavy (non-hydrogen) atoms. The third-order valence-corrected chi connectivity index (χ3v) is 7.19. The van der Waals surface area contributed by atoms with Crippen molar-refractivity contribution in [3.8, 4) is 5.75 Å². The van der Waals surface area contributed by atoms with Crippen LogP contribution in [0.1, 0.15) is 36.0 Å². The van der Waals surface area contributed by atoms with E-state index in [1.165, 1.54) is 29.0 Å². The highest BCUT2D eigenvalue weighted by atomic mass is 32.2. The second-order valence-corrected chi connectivity index (χ2v) is 9.35. The molecule has 0 saturated carbocycles. The molecule has 4 nitrogen and oxygen atoms in total. The van der Waals surface area contributed by atoms with Crippen molar-refractivity contribution < 1.29 is 13.2 Å². The van der Waals surface area contributed by atoms with Gasteiger partial charge in [-0.15, -0.1) is 0 Å². The summed E-state index contributed by atoms with van der Waals surface area (Å²) >= 11 is 0. The molecule has 0 heterocycles. The first-order chi connectivity index (χ1) is 14.1. The Bertz CT molecular complexity index is 1120. The molecule has 5 heteroatoms. The predicted molar refractivity (Wildman–Crippen MR) is 117 cm³/mol. The lowest BCUT2D eigenvalue weighted by Crippen LogP contribution is -2.26. The van der Waals surface area contributed by atoms with Crippen LogP contribution >= 0.6 is 0 Å². The molecule has 1 aliphatic carbocycles. The molecule has 0 atom stereocenters. The third-order valence-electron chi connectivity index (χ3n) is 5.71. The maximum Gasteiger partial charge on any atom is 0.244 e. The topological polar surface area (TPSA) is 55.4 Å². The summed E-state index contributed by atoms with van der Waals surface area (Å²) in [6, 6.07) is 18.3. The smallest absolute Gasteiger partial charge is 0.244 e. The van der Waals surface area contributed by atoms with Crippen LogP contribution in [0.2, 0.25) is 0 Å². The summed E-state index contributed by atoms with van der Waals surface area (Å²) in [6.45, 7) is 0.395. The van der Waals surface area contributed by atoms with Gasteiger partial charge in [0.25, 0.3) is 0 Å². The van der Waals surface area contributed by atoms with E-state index in [2.05, 4.69) is 35.1 Å². The molecule has 0 unspecified atom stereocenters. The van der Waals surface area contributed by atoms with Gasteiger partial charge in [0.1, 0.15) is 10.6 Å². The van der Waals surface area contributed by atoms with E-state index < -0.39 is 10.0 Å². The van der Waals surface area contributed by atoms with Crippen molar-refractivity contribution in [2.45, 2.75) is 43.4 Å². The monoisotopic (exact) mass is 409 g/mol. The number of aryl methyl sites for hydroxylation is 3. The van der Waals surface area contributed by atoms with Gasteiger partial charge in [-0.05, 0) is 78.1 Å². The largest absolute Gasteiger partial charge is 0.495 e.